The molecule has 0 radical (unpaired) electrons. The Bertz CT molecular complexity index is 2560. The van der Waals surface area contributed by atoms with Crippen molar-refractivity contribution in [2.24, 2.45) is 0 Å². The number of H-pyrrole nitrogens is 2. The van der Waals surface area contributed by atoms with Crippen molar-refractivity contribution in [3.05, 3.63) is 104 Å². The van der Waals surface area contributed by atoms with Crippen LogP contribution < -0.4 is 4.90 Å². The van der Waals surface area contributed by atoms with Gasteiger partial charge in [-0.15, -0.1) is 0 Å². The summed E-state index contributed by atoms with van der Waals surface area (Å²) in [6.07, 6.45) is 9.83. The highest BCUT2D eigenvalue weighted by atomic mass is 16.1. The molecule has 282 valence electrons. The van der Waals surface area contributed by atoms with Crippen molar-refractivity contribution >= 4 is 51.3 Å². The van der Waals surface area contributed by atoms with Gasteiger partial charge in [-0.25, -0.2) is 4.98 Å². The normalized spacial score (nSPS) is 21.1. The first kappa shape index (κ1) is 36.7. The van der Waals surface area contributed by atoms with E-state index in [1.807, 2.05) is 6.07 Å². The number of aromatic nitrogens is 4. The van der Waals surface area contributed by atoms with E-state index in [9.17, 15) is 10.1 Å². The van der Waals surface area contributed by atoms with Crippen LogP contribution in [0.2, 0.25) is 0 Å². The summed E-state index contributed by atoms with van der Waals surface area (Å²) in [6.45, 7) is 18.0. The third-order valence-electron chi connectivity index (χ3n) is 13.8. The fourth-order valence-corrected chi connectivity index (χ4v) is 11.5. The van der Waals surface area contributed by atoms with Crippen LogP contribution in [0, 0.1) is 11.3 Å². The smallest absolute Gasteiger partial charge is 0.150 e. The lowest BCUT2D eigenvalue weighted by Gasteiger charge is -2.59. The van der Waals surface area contributed by atoms with Gasteiger partial charge in [0.15, 0.2) is 0 Å². The minimum atomic E-state index is -0.633. The fraction of sp³-hybridized carbons (Fsp3) is 0.417. The molecule has 0 spiro atoms. The average molecular weight is 731 g/mol. The van der Waals surface area contributed by atoms with Crippen LogP contribution in [0.25, 0.3) is 39.3 Å². The standard InChI is InChI=1S/C48H54N6O/c1-10-29-30(11-2)39-23-40-33(14-5)34(15-6)44(52-40)35-21-28(25-49)46-48(17-8)45(35)53-43(24-41-32(13-4)31(12-3)38(51-41)22-37(29)50-39)47(48,16-7)36-20-27(26-55)18-19-42(36)54(46)9/h18-24,26,46,50-51H,10-17H2,1-9H3. The molecule has 3 atom stereocenters. The van der Waals surface area contributed by atoms with Crippen LogP contribution >= 0.6 is 0 Å². The van der Waals surface area contributed by atoms with E-state index in [-0.39, 0.29) is 6.04 Å². The molecule has 0 saturated carbocycles. The topological polar surface area (TPSA) is 101 Å². The van der Waals surface area contributed by atoms with E-state index in [2.05, 4.69) is 120 Å². The lowest BCUT2D eigenvalue weighted by molar-refractivity contribution is 0.112. The highest BCUT2D eigenvalue weighted by Crippen LogP contribution is 2.66. The summed E-state index contributed by atoms with van der Waals surface area (Å²) in [5.74, 6) is 0. The molecular weight excluding hydrogens is 677 g/mol. The number of allylic oxidation sites excluding steroid dienone is 2. The number of carbonyl (C=O) groups excluding carboxylic acids is 1. The molecule has 1 aliphatic carbocycles. The zero-order valence-electron chi connectivity index (χ0n) is 34.1. The van der Waals surface area contributed by atoms with Crippen molar-refractivity contribution in [3.8, 4) is 6.07 Å². The minimum absolute atomic E-state index is 0.259. The Morgan fingerprint density at radius 1 is 0.764 bits per heavy atom. The molecule has 0 amide bonds. The first-order valence-electron chi connectivity index (χ1n) is 20.7. The number of anilines is 1. The van der Waals surface area contributed by atoms with Crippen molar-refractivity contribution in [2.45, 2.75) is 124 Å². The molecule has 3 aromatic heterocycles. The SMILES string of the molecule is CCC1=C(CC)c2nc1cc1[nH]c(cc3[nH]c(cc4nc5c2C=C(C#N)C2N(C)c6ccc(C=O)cc6C4(CC)C52CC)c(CC)c3CC)c(CC)c1CC. The Morgan fingerprint density at radius 2 is 1.36 bits per heavy atom. The third-order valence-corrected chi connectivity index (χ3v) is 13.8. The number of carbonyl (C=O) groups is 1. The number of nitriles is 1. The number of nitrogens with one attached hydrogen (secondary N) is 2. The highest BCUT2D eigenvalue weighted by molar-refractivity contribution is 5.96. The van der Waals surface area contributed by atoms with Crippen molar-refractivity contribution in [1.29, 1.82) is 5.26 Å². The molecule has 8 bridgehead atoms. The number of fused-ring (bicyclic) bond motifs is 11. The first-order valence-corrected chi connectivity index (χ1v) is 20.7. The van der Waals surface area contributed by atoms with Crippen molar-refractivity contribution in [3.63, 3.8) is 0 Å². The number of aryl methyl sites for hydroxylation is 4. The van der Waals surface area contributed by atoms with Crippen LogP contribution in [-0.2, 0) is 36.5 Å². The van der Waals surface area contributed by atoms with Gasteiger partial charge in [-0.2, -0.15) is 5.26 Å². The third kappa shape index (κ3) is 4.70. The molecule has 4 aliphatic rings. The molecule has 3 aliphatic heterocycles. The molecule has 0 saturated heterocycles. The molecule has 6 heterocycles. The Labute approximate surface area is 325 Å². The highest BCUT2D eigenvalue weighted by Gasteiger charge is 2.68. The van der Waals surface area contributed by atoms with Crippen LogP contribution in [0.1, 0.15) is 148 Å². The molecule has 55 heavy (non-hydrogen) atoms. The van der Waals surface area contributed by atoms with E-state index in [0.29, 0.717) is 5.56 Å². The van der Waals surface area contributed by atoms with Crippen LogP contribution in [0.15, 0.2) is 42.0 Å². The molecule has 7 heteroatoms. The van der Waals surface area contributed by atoms with Gasteiger partial charge >= 0.3 is 0 Å². The molecule has 2 N–H and O–H groups in total. The first-order chi connectivity index (χ1) is 26.7. The lowest BCUT2D eigenvalue weighted by Crippen LogP contribution is -2.64. The number of nitrogens with zero attached hydrogens (tertiary/aromatic N) is 4. The van der Waals surface area contributed by atoms with Gasteiger partial charge in [-0.1, -0.05) is 55.4 Å². The van der Waals surface area contributed by atoms with Crippen molar-refractivity contribution in [2.75, 3.05) is 11.9 Å². The van der Waals surface area contributed by atoms with E-state index >= 15 is 0 Å². The molecular formula is C48H54N6O. The molecule has 8 rings (SSSR count). The second-order valence-electron chi connectivity index (χ2n) is 15.6. The van der Waals surface area contributed by atoms with Crippen LogP contribution in [-0.4, -0.2) is 39.3 Å². The Morgan fingerprint density at radius 3 is 1.89 bits per heavy atom. The van der Waals surface area contributed by atoms with Gasteiger partial charge in [0.2, 0.25) is 0 Å². The summed E-state index contributed by atoms with van der Waals surface area (Å²) < 4.78 is 0. The summed E-state index contributed by atoms with van der Waals surface area (Å²) in [6, 6.07) is 15.5. The Kier molecular flexibility index (Phi) is 9.03. The summed E-state index contributed by atoms with van der Waals surface area (Å²) >= 11 is 0. The van der Waals surface area contributed by atoms with E-state index in [1.165, 1.54) is 33.4 Å². The number of benzene rings is 1. The maximum Gasteiger partial charge on any atom is 0.150 e. The van der Waals surface area contributed by atoms with Crippen molar-refractivity contribution in [1.82, 2.24) is 19.9 Å². The molecule has 1 aromatic carbocycles. The predicted octanol–water partition coefficient (Wildman–Crippen LogP) is 10.9. The molecule has 7 nitrogen and oxygen atoms in total. The van der Waals surface area contributed by atoms with Gasteiger partial charge in [-0.05, 0) is 133 Å². The summed E-state index contributed by atoms with van der Waals surface area (Å²) in [7, 11) is 2.11. The van der Waals surface area contributed by atoms with E-state index in [4.69, 9.17) is 9.97 Å². The van der Waals surface area contributed by atoms with E-state index in [0.717, 1.165) is 125 Å². The lowest BCUT2D eigenvalue weighted by atomic mass is 9.48. The summed E-state index contributed by atoms with van der Waals surface area (Å²) in [5, 5.41) is 11.2. The molecule has 4 aromatic rings. The van der Waals surface area contributed by atoms with Gasteiger partial charge in [0.25, 0.3) is 0 Å². The summed E-state index contributed by atoms with van der Waals surface area (Å²) in [4.78, 5) is 34.0. The zero-order chi connectivity index (χ0) is 39.0. The van der Waals surface area contributed by atoms with Gasteiger partial charge < -0.3 is 14.9 Å². The number of aldehydes is 1. The second-order valence-corrected chi connectivity index (χ2v) is 15.6. The maximum atomic E-state index is 12.5. The average Bonchev–Trinajstić information content (AvgIpc) is 3.93. The number of hydrogen-bond donors (Lipinski definition) is 2. The number of aromatic amines is 2. The van der Waals surface area contributed by atoms with Gasteiger partial charge in [-0.3, -0.25) is 9.78 Å². The van der Waals surface area contributed by atoms with Gasteiger partial charge in [0.05, 0.1) is 51.3 Å². The maximum absolute atomic E-state index is 12.5. The largest absolute Gasteiger partial charge is 0.366 e. The van der Waals surface area contributed by atoms with Crippen molar-refractivity contribution < 1.29 is 4.79 Å². The Balaban J connectivity index is 1.69. The minimum Gasteiger partial charge on any atom is -0.366 e. The second kappa shape index (κ2) is 13.5. The quantitative estimate of drug-likeness (QED) is 0.167. The summed E-state index contributed by atoms with van der Waals surface area (Å²) in [5.41, 5.74) is 19.4. The predicted molar refractivity (Wildman–Crippen MR) is 227 cm³/mol. The zero-order valence-corrected chi connectivity index (χ0v) is 34.1. The Hall–Kier alpha value is -5.22. The van der Waals surface area contributed by atoms with Crippen LogP contribution in [0.3, 0.4) is 0 Å². The van der Waals surface area contributed by atoms with Gasteiger partial charge in [0.1, 0.15) is 6.29 Å². The monoisotopic (exact) mass is 730 g/mol. The van der Waals surface area contributed by atoms with Crippen LogP contribution in [0.4, 0.5) is 5.69 Å². The molecule has 0 fully saturated rings. The fourth-order valence-electron chi connectivity index (χ4n) is 11.5. The van der Waals surface area contributed by atoms with Gasteiger partial charge in [0, 0.05) is 45.9 Å². The van der Waals surface area contributed by atoms with Crippen LogP contribution in [0.5, 0.6) is 0 Å². The number of likely N-dealkylation sites (N-methyl/N-ethyl adjacent to an activating group) is 1. The van der Waals surface area contributed by atoms with E-state index < -0.39 is 10.8 Å². The number of hydrogen-bond acceptors (Lipinski definition) is 5. The molecule has 3 unspecified atom stereocenters. The van der Waals surface area contributed by atoms with E-state index in [1.54, 1.807) is 0 Å². The number of rotatable bonds is 9.